The molecule has 0 atom stereocenters. The molecule has 0 fully saturated rings. The largest absolute Gasteiger partial charge is 0.331 e. The van der Waals surface area contributed by atoms with Crippen molar-refractivity contribution >= 4 is 0 Å². The van der Waals surface area contributed by atoms with Gasteiger partial charge in [-0.3, -0.25) is 0 Å². The molecule has 0 aliphatic carbocycles. The molecule has 0 aliphatic heterocycles. The molecule has 0 bridgehead atoms. The molecule has 0 radical (unpaired) electrons. The summed E-state index contributed by atoms with van der Waals surface area (Å²) in [4.78, 5) is 8.36. The molecular formula is C15H35N2O3+. The van der Waals surface area contributed by atoms with Crippen molar-refractivity contribution in [2.24, 2.45) is 0 Å². The molecular weight excluding hydrogens is 256 g/mol. The quantitative estimate of drug-likeness (QED) is 0.268. The van der Waals surface area contributed by atoms with Crippen LogP contribution in [0.25, 0.3) is 0 Å². The fraction of sp³-hybridized carbons (Fsp3) is 1.00. The number of hydrogen-bond donors (Lipinski definition) is 1. The van der Waals surface area contributed by atoms with E-state index in [-0.39, 0.29) is 0 Å². The van der Waals surface area contributed by atoms with Gasteiger partial charge in [-0.1, -0.05) is 58.3 Å². The van der Waals surface area contributed by atoms with Gasteiger partial charge in [-0.05, 0) is 12.8 Å². The van der Waals surface area contributed by atoms with Gasteiger partial charge in [0.1, 0.15) is 0 Å². The Kier molecular flexibility index (Phi) is 15.6. The Morgan fingerprint density at radius 1 is 0.850 bits per heavy atom. The van der Waals surface area contributed by atoms with Crippen LogP contribution in [0.4, 0.5) is 0 Å². The molecule has 0 aliphatic rings. The normalized spacial score (nSPS) is 10.8. The van der Waals surface area contributed by atoms with Crippen molar-refractivity contribution in [2.45, 2.75) is 71.1 Å². The van der Waals surface area contributed by atoms with Gasteiger partial charge in [-0.2, -0.15) is 0 Å². The van der Waals surface area contributed by atoms with E-state index in [1.807, 2.05) is 0 Å². The molecule has 0 aromatic carbocycles. The van der Waals surface area contributed by atoms with Crippen molar-refractivity contribution < 1.29 is 14.8 Å². The monoisotopic (exact) mass is 291 g/mol. The second-order valence-corrected chi connectivity index (χ2v) is 6.43. The highest BCUT2D eigenvalue weighted by atomic mass is 16.9. The van der Waals surface area contributed by atoms with Gasteiger partial charge < -0.3 is 9.69 Å². The Labute approximate surface area is 124 Å². The van der Waals surface area contributed by atoms with E-state index in [4.69, 9.17) is 15.3 Å². The lowest BCUT2D eigenvalue weighted by molar-refractivity contribution is -0.870. The zero-order valence-corrected chi connectivity index (χ0v) is 13.9. The van der Waals surface area contributed by atoms with Crippen LogP contribution >= 0.6 is 0 Å². The Morgan fingerprint density at radius 3 is 1.45 bits per heavy atom. The first kappa shape index (κ1) is 21.5. The van der Waals surface area contributed by atoms with E-state index in [0.29, 0.717) is 0 Å². The van der Waals surface area contributed by atoms with Crippen LogP contribution in [0.15, 0.2) is 0 Å². The molecule has 20 heavy (non-hydrogen) atoms. The van der Waals surface area contributed by atoms with Gasteiger partial charge in [0.2, 0.25) is 0 Å². The SMILES string of the molecule is CCCCCCCCCCCC[N+](C)(C)C.O=[N+]([O-])O. The topological polar surface area (TPSA) is 63.4 Å². The summed E-state index contributed by atoms with van der Waals surface area (Å²) < 4.78 is 1.12. The van der Waals surface area contributed by atoms with Gasteiger partial charge in [-0.25, -0.2) is 0 Å². The number of nitrogens with zero attached hydrogens (tertiary/aromatic N) is 2. The van der Waals surface area contributed by atoms with Crippen molar-refractivity contribution in [3.05, 3.63) is 10.1 Å². The molecule has 0 amide bonds. The van der Waals surface area contributed by atoms with Crippen molar-refractivity contribution in [1.82, 2.24) is 0 Å². The van der Waals surface area contributed by atoms with Gasteiger partial charge in [0.15, 0.2) is 0 Å². The Bertz CT molecular complexity index is 212. The molecule has 0 saturated carbocycles. The molecule has 0 rings (SSSR count). The van der Waals surface area contributed by atoms with Crippen molar-refractivity contribution in [1.29, 1.82) is 0 Å². The van der Waals surface area contributed by atoms with Gasteiger partial charge in [0, 0.05) is 0 Å². The first-order valence-corrected chi connectivity index (χ1v) is 7.93. The minimum atomic E-state index is -1.50. The van der Waals surface area contributed by atoms with E-state index >= 15 is 0 Å². The fourth-order valence-electron chi connectivity index (χ4n) is 2.07. The van der Waals surface area contributed by atoms with Crippen LogP contribution in [-0.2, 0) is 0 Å². The average molecular weight is 291 g/mol. The predicted molar refractivity (Wildman–Crippen MR) is 83.5 cm³/mol. The van der Waals surface area contributed by atoms with Crippen molar-refractivity contribution in [3.8, 4) is 0 Å². The summed E-state index contributed by atoms with van der Waals surface area (Å²) >= 11 is 0. The maximum atomic E-state index is 8.36. The van der Waals surface area contributed by atoms with Crippen molar-refractivity contribution in [2.75, 3.05) is 27.7 Å². The van der Waals surface area contributed by atoms with Crippen LogP contribution in [0.2, 0.25) is 0 Å². The summed E-state index contributed by atoms with van der Waals surface area (Å²) in [6, 6.07) is 0. The molecule has 5 nitrogen and oxygen atoms in total. The maximum absolute atomic E-state index is 8.36. The number of quaternary nitrogens is 1. The van der Waals surface area contributed by atoms with E-state index in [1.165, 1.54) is 70.8 Å². The molecule has 0 aromatic heterocycles. The number of rotatable bonds is 11. The molecule has 5 heteroatoms. The smallest absolute Gasteiger partial charge is 0.291 e. The standard InChI is InChI=1S/C15H34N.HNO3/c1-5-6-7-8-9-10-11-12-13-14-15-16(2,3)4;2-1(3)4/h5-15H2,1-4H3;(H,2,3,4)/q+1;. The lowest BCUT2D eigenvalue weighted by atomic mass is 10.1. The Morgan fingerprint density at radius 2 is 1.15 bits per heavy atom. The minimum absolute atomic E-state index is 1.12. The van der Waals surface area contributed by atoms with E-state index in [9.17, 15) is 0 Å². The number of hydrogen-bond acceptors (Lipinski definition) is 2. The Balaban J connectivity index is 0. The zero-order valence-electron chi connectivity index (χ0n) is 13.9. The van der Waals surface area contributed by atoms with Gasteiger partial charge in [0.05, 0.1) is 27.7 Å². The summed E-state index contributed by atoms with van der Waals surface area (Å²) in [5.41, 5.74) is 0. The van der Waals surface area contributed by atoms with Crippen LogP contribution < -0.4 is 0 Å². The van der Waals surface area contributed by atoms with Crippen molar-refractivity contribution in [3.63, 3.8) is 0 Å². The molecule has 0 heterocycles. The molecule has 1 N–H and O–H groups in total. The first-order valence-electron chi connectivity index (χ1n) is 7.93. The highest BCUT2D eigenvalue weighted by molar-refractivity contribution is 4.47. The second-order valence-electron chi connectivity index (χ2n) is 6.43. The Hall–Kier alpha value is -0.840. The van der Waals surface area contributed by atoms with Gasteiger partial charge in [0.25, 0.3) is 5.09 Å². The third-order valence-corrected chi connectivity index (χ3v) is 3.18. The van der Waals surface area contributed by atoms with Gasteiger partial charge in [-0.15, -0.1) is 10.1 Å². The van der Waals surface area contributed by atoms with E-state index in [2.05, 4.69) is 28.1 Å². The van der Waals surface area contributed by atoms with E-state index in [1.54, 1.807) is 0 Å². The maximum Gasteiger partial charge on any atom is 0.291 e. The summed E-state index contributed by atoms with van der Waals surface area (Å²) in [5, 5.41) is 13.6. The molecule has 0 saturated heterocycles. The predicted octanol–water partition coefficient (Wildman–Crippen LogP) is 4.27. The number of unbranched alkanes of at least 4 members (excludes halogenated alkanes) is 9. The third kappa shape index (κ3) is 30.3. The summed E-state index contributed by atoms with van der Waals surface area (Å²) in [6.07, 6.45) is 14.4. The molecule has 0 spiro atoms. The van der Waals surface area contributed by atoms with E-state index in [0.717, 1.165) is 4.48 Å². The second kappa shape index (κ2) is 14.6. The lowest BCUT2D eigenvalue weighted by Crippen LogP contribution is -2.35. The van der Waals surface area contributed by atoms with Crippen LogP contribution in [0.3, 0.4) is 0 Å². The van der Waals surface area contributed by atoms with Crippen LogP contribution in [0.1, 0.15) is 71.1 Å². The van der Waals surface area contributed by atoms with E-state index < -0.39 is 5.09 Å². The summed E-state index contributed by atoms with van der Waals surface area (Å²) in [6.45, 7) is 3.62. The minimum Gasteiger partial charge on any atom is -0.331 e. The highest BCUT2D eigenvalue weighted by Crippen LogP contribution is 2.10. The lowest BCUT2D eigenvalue weighted by Gasteiger charge is -2.23. The first-order chi connectivity index (χ1) is 9.29. The zero-order chi connectivity index (χ0) is 15.9. The summed E-state index contributed by atoms with van der Waals surface area (Å²) in [5.74, 6) is 0. The van der Waals surface area contributed by atoms with Crippen LogP contribution in [0, 0.1) is 10.1 Å². The van der Waals surface area contributed by atoms with Gasteiger partial charge >= 0.3 is 0 Å². The van der Waals surface area contributed by atoms with Crippen LogP contribution in [-0.4, -0.2) is 42.5 Å². The molecule has 122 valence electrons. The van der Waals surface area contributed by atoms with Crippen LogP contribution in [0.5, 0.6) is 0 Å². The fourth-order valence-corrected chi connectivity index (χ4v) is 2.07. The molecule has 0 aromatic rings. The summed E-state index contributed by atoms with van der Waals surface area (Å²) in [7, 11) is 6.86. The third-order valence-electron chi connectivity index (χ3n) is 3.18. The highest BCUT2D eigenvalue weighted by Gasteiger charge is 2.04. The average Bonchev–Trinajstić information content (AvgIpc) is 2.29. The molecule has 0 unspecified atom stereocenters.